The van der Waals surface area contributed by atoms with Crippen molar-refractivity contribution in [2.24, 2.45) is 0 Å². The molecule has 10 rings (SSSR count). The molecule has 0 radical (unpaired) electrons. The highest BCUT2D eigenvalue weighted by atomic mass is 32.2. The van der Waals surface area contributed by atoms with E-state index < -0.39 is 5.41 Å². The van der Waals surface area contributed by atoms with Gasteiger partial charge in [-0.05, 0) is 82.1 Å². The molecular formula is C46H31NOS. The van der Waals surface area contributed by atoms with Crippen LogP contribution >= 0.6 is 11.8 Å². The van der Waals surface area contributed by atoms with Gasteiger partial charge in [-0.2, -0.15) is 0 Å². The summed E-state index contributed by atoms with van der Waals surface area (Å²) in [6.07, 6.45) is 1.69. The van der Waals surface area contributed by atoms with Gasteiger partial charge in [-0.3, -0.25) is 4.79 Å². The molecule has 7 aromatic carbocycles. The molecule has 3 heteroatoms. The summed E-state index contributed by atoms with van der Waals surface area (Å²) in [4.78, 5) is 19.4. The Balaban J connectivity index is 1.26. The third kappa shape index (κ3) is 4.00. The molecule has 2 heterocycles. The lowest BCUT2D eigenvalue weighted by atomic mass is 9.62. The van der Waals surface area contributed by atoms with E-state index in [9.17, 15) is 4.79 Å². The number of nitrogens with zero attached hydrogens (tertiary/aromatic N) is 1. The molecule has 0 unspecified atom stereocenters. The van der Waals surface area contributed by atoms with Gasteiger partial charge < -0.3 is 4.90 Å². The molecule has 1 spiro atoms. The maximum absolute atomic E-state index is 14.4. The lowest BCUT2D eigenvalue weighted by Gasteiger charge is -2.49. The quantitative estimate of drug-likeness (QED) is 0.187. The minimum atomic E-state index is -0.499. The van der Waals surface area contributed by atoms with Crippen molar-refractivity contribution < 1.29 is 4.79 Å². The van der Waals surface area contributed by atoms with E-state index in [0.717, 1.165) is 63.3 Å². The molecule has 0 atom stereocenters. The molecular weight excluding hydrogens is 615 g/mol. The van der Waals surface area contributed by atoms with Crippen molar-refractivity contribution in [3.8, 4) is 11.1 Å². The lowest BCUT2D eigenvalue weighted by molar-refractivity contribution is 0.103. The Morgan fingerprint density at radius 3 is 1.57 bits per heavy atom. The fourth-order valence-corrected chi connectivity index (χ4v) is 9.83. The third-order valence-electron chi connectivity index (χ3n) is 10.6. The van der Waals surface area contributed by atoms with Gasteiger partial charge in [-0.1, -0.05) is 145 Å². The molecule has 0 N–H and O–H groups in total. The van der Waals surface area contributed by atoms with E-state index >= 15 is 0 Å². The molecule has 7 aromatic rings. The highest BCUT2D eigenvalue weighted by Crippen LogP contribution is 2.63. The van der Waals surface area contributed by atoms with Gasteiger partial charge >= 0.3 is 0 Å². The molecule has 0 bridgehead atoms. The summed E-state index contributed by atoms with van der Waals surface area (Å²) in [5.41, 5.74) is 13.9. The summed E-state index contributed by atoms with van der Waals surface area (Å²) in [6, 6.07) is 58.8. The average molecular weight is 646 g/mol. The molecule has 2 aliphatic heterocycles. The molecule has 2 nitrogen and oxygen atoms in total. The topological polar surface area (TPSA) is 20.3 Å². The van der Waals surface area contributed by atoms with Crippen molar-refractivity contribution in [2.75, 3.05) is 4.90 Å². The smallest absolute Gasteiger partial charge is 0.194 e. The van der Waals surface area contributed by atoms with Crippen LogP contribution in [0.3, 0.4) is 0 Å². The van der Waals surface area contributed by atoms with Gasteiger partial charge in [-0.15, -0.1) is 0 Å². The number of rotatable bonds is 2. The number of ketones is 1. The number of hydrogen-bond donors (Lipinski definition) is 0. The largest absolute Gasteiger partial charge is 0.309 e. The normalized spacial score (nSPS) is 14.9. The van der Waals surface area contributed by atoms with Crippen molar-refractivity contribution >= 4 is 34.6 Å². The average Bonchev–Trinajstić information content (AvgIpc) is 3.31. The first-order valence-corrected chi connectivity index (χ1v) is 17.8. The van der Waals surface area contributed by atoms with E-state index in [-0.39, 0.29) is 5.78 Å². The summed E-state index contributed by atoms with van der Waals surface area (Å²) in [6.45, 7) is 0. The number of fused-ring (bicyclic) bond motifs is 10. The fourth-order valence-electron chi connectivity index (χ4n) is 8.64. The van der Waals surface area contributed by atoms with E-state index in [0.29, 0.717) is 0 Å². The second-order valence-corrected chi connectivity index (χ2v) is 14.1. The molecule has 232 valence electrons. The van der Waals surface area contributed by atoms with Crippen molar-refractivity contribution in [3.05, 3.63) is 208 Å². The maximum atomic E-state index is 14.4. The number of benzene rings is 7. The molecule has 0 fully saturated rings. The Bertz CT molecular complexity index is 2380. The summed E-state index contributed by atoms with van der Waals surface area (Å²) < 4.78 is 0. The number of aryl methyl sites for hydroxylation is 2. The first kappa shape index (κ1) is 28.4. The summed E-state index contributed by atoms with van der Waals surface area (Å²) >= 11 is 1.86. The second kappa shape index (κ2) is 10.9. The molecule has 0 saturated carbocycles. The molecule has 0 amide bonds. The minimum Gasteiger partial charge on any atom is -0.309 e. The van der Waals surface area contributed by atoms with Crippen molar-refractivity contribution in [2.45, 2.75) is 28.0 Å². The highest BCUT2D eigenvalue weighted by Gasteiger charge is 2.50. The Kier molecular flexibility index (Phi) is 6.34. The number of anilines is 3. The standard InChI is InChI=1S/C46H31NOS/c48-45-32-16-2-1-14-30(32)28-29-31-15-13-18-34(44(31)45)33-17-3-8-23-39(33)47-40-24-9-4-19-35(40)46(36-20-5-10-25-41(36)47)37-21-6-11-26-42(37)49-43-27-12-7-22-38(43)46/h1-27H,28-29H2. The summed E-state index contributed by atoms with van der Waals surface area (Å²) in [5.74, 6) is 0.111. The zero-order valence-electron chi connectivity index (χ0n) is 26.8. The van der Waals surface area contributed by atoms with Gasteiger partial charge in [0.2, 0.25) is 0 Å². The first-order chi connectivity index (χ1) is 24.2. The van der Waals surface area contributed by atoms with Crippen LogP contribution in [-0.4, -0.2) is 5.78 Å². The molecule has 1 aliphatic carbocycles. The molecule has 49 heavy (non-hydrogen) atoms. The predicted molar refractivity (Wildman–Crippen MR) is 200 cm³/mol. The Morgan fingerprint density at radius 1 is 0.429 bits per heavy atom. The van der Waals surface area contributed by atoms with Crippen LogP contribution in [0.1, 0.15) is 49.3 Å². The van der Waals surface area contributed by atoms with Gasteiger partial charge in [0, 0.05) is 26.5 Å². The number of carbonyl (C=O) groups excluding carboxylic acids is 1. The van der Waals surface area contributed by atoms with Crippen molar-refractivity contribution in [3.63, 3.8) is 0 Å². The maximum Gasteiger partial charge on any atom is 0.194 e. The highest BCUT2D eigenvalue weighted by molar-refractivity contribution is 7.99. The summed E-state index contributed by atoms with van der Waals surface area (Å²) in [5, 5.41) is 0. The first-order valence-electron chi connectivity index (χ1n) is 16.9. The van der Waals surface area contributed by atoms with Crippen molar-refractivity contribution in [1.82, 2.24) is 0 Å². The molecule has 3 aliphatic rings. The fraction of sp³-hybridized carbons (Fsp3) is 0.0652. The van der Waals surface area contributed by atoms with E-state index in [1.807, 2.05) is 30.0 Å². The van der Waals surface area contributed by atoms with E-state index in [2.05, 4.69) is 150 Å². The zero-order valence-corrected chi connectivity index (χ0v) is 27.6. The third-order valence-corrected chi connectivity index (χ3v) is 11.8. The molecule has 0 aromatic heterocycles. The van der Waals surface area contributed by atoms with Gasteiger partial charge in [0.15, 0.2) is 5.78 Å². The van der Waals surface area contributed by atoms with Gasteiger partial charge in [-0.25, -0.2) is 0 Å². The summed E-state index contributed by atoms with van der Waals surface area (Å²) in [7, 11) is 0. The van der Waals surface area contributed by atoms with Crippen LogP contribution in [0.15, 0.2) is 174 Å². The van der Waals surface area contributed by atoms with Crippen LogP contribution in [0, 0.1) is 0 Å². The lowest BCUT2D eigenvalue weighted by Crippen LogP contribution is -2.39. The molecule has 0 saturated heterocycles. The Morgan fingerprint density at radius 2 is 0.898 bits per heavy atom. The Hall–Kier alpha value is -5.64. The van der Waals surface area contributed by atoms with Crippen LogP contribution in [0.25, 0.3) is 11.1 Å². The van der Waals surface area contributed by atoms with Crippen LogP contribution in [-0.2, 0) is 18.3 Å². The monoisotopic (exact) mass is 645 g/mol. The number of hydrogen-bond acceptors (Lipinski definition) is 3. The number of carbonyl (C=O) groups is 1. The van der Waals surface area contributed by atoms with Gasteiger partial charge in [0.25, 0.3) is 0 Å². The van der Waals surface area contributed by atoms with Crippen LogP contribution in [0.4, 0.5) is 17.1 Å². The van der Waals surface area contributed by atoms with Crippen molar-refractivity contribution in [1.29, 1.82) is 0 Å². The van der Waals surface area contributed by atoms with Gasteiger partial charge in [0.05, 0.1) is 22.5 Å². The Labute approximate surface area is 290 Å². The predicted octanol–water partition coefficient (Wildman–Crippen LogP) is 11.3. The van der Waals surface area contributed by atoms with E-state index in [4.69, 9.17) is 0 Å². The second-order valence-electron chi connectivity index (χ2n) is 13.1. The SMILES string of the molecule is O=C1c2ccccc2CCc2cccc(-c3ccccc3N3c4ccccc4C4(c5ccccc5Sc5ccccc54)c4ccccc43)c21. The minimum absolute atomic E-state index is 0.111. The van der Waals surface area contributed by atoms with E-state index in [1.165, 1.54) is 32.0 Å². The van der Waals surface area contributed by atoms with E-state index in [1.54, 1.807) is 0 Å². The van der Waals surface area contributed by atoms with Crippen LogP contribution in [0.5, 0.6) is 0 Å². The van der Waals surface area contributed by atoms with Gasteiger partial charge in [0.1, 0.15) is 0 Å². The van der Waals surface area contributed by atoms with Crippen LogP contribution < -0.4 is 4.90 Å². The zero-order chi connectivity index (χ0) is 32.5. The van der Waals surface area contributed by atoms with Crippen LogP contribution in [0.2, 0.25) is 0 Å². The number of para-hydroxylation sites is 3.